The predicted molar refractivity (Wildman–Crippen MR) is 161 cm³/mol. The first-order chi connectivity index (χ1) is 20.8. The number of nitrogens with zero attached hydrogens (tertiary/aromatic N) is 3. The highest BCUT2D eigenvalue weighted by Crippen LogP contribution is 2.41. The van der Waals surface area contributed by atoms with Crippen molar-refractivity contribution in [1.82, 2.24) is 15.2 Å². The van der Waals surface area contributed by atoms with Gasteiger partial charge in [0.05, 0.1) is 11.4 Å². The van der Waals surface area contributed by atoms with Gasteiger partial charge in [0.25, 0.3) is 0 Å². The van der Waals surface area contributed by atoms with Gasteiger partial charge in [-0.15, -0.1) is 0 Å². The quantitative estimate of drug-likeness (QED) is 0.140. The fraction of sp³-hybridized carbons (Fsp3) is 0.667. The molecule has 0 aromatic carbocycles. The summed E-state index contributed by atoms with van der Waals surface area (Å²) in [5.74, 6) is -1.29. The van der Waals surface area contributed by atoms with Crippen molar-refractivity contribution in [1.29, 1.82) is 10.7 Å². The molecule has 0 radical (unpaired) electrons. The molecule has 0 spiro atoms. The van der Waals surface area contributed by atoms with Gasteiger partial charge in [0.2, 0.25) is 5.60 Å². The minimum atomic E-state index is -2.08. The summed E-state index contributed by atoms with van der Waals surface area (Å²) >= 11 is 0. The van der Waals surface area contributed by atoms with Crippen LogP contribution in [0.1, 0.15) is 77.6 Å². The molecule has 14 heteroatoms. The van der Waals surface area contributed by atoms with Crippen LogP contribution in [0.5, 0.6) is 0 Å². The SMILES string of the molecule is CC(C)[C@H](N)C(=O)O[C@H]1[C@@H](O)[C@](C#N)(c2ccc(/C(=N\C=N)NC(=O)N(C)C(C)C)[nH]2)O[C@@H]1COC(=O)CC1CCCCC1. The van der Waals surface area contributed by atoms with Crippen LogP contribution in [-0.4, -0.2) is 89.2 Å². The molecule has 2 amide bonds. The molecule has 44 heavy (non-hydrogen) atoms. The molecular formula is C30H45N7O7. The Bertz CT molecular complexity index is 1250. The van der Waals surface area contributed by atoms with E-state index in [9.17, 15) is 24.8 Å². The molecule has 2 fully saturated rings. The van der Waals surface area contributed by atoms with Crippen LogP contribution >= 0.6 is 0 Å². The number of aromatic nitrogens is 1. The number of urea groups is 1. The highest BCUT2D eigenvalue weighted by molar-refractivity contribution is 6.08. The smallest absolute Gasteiger partial charge is 0.323 e. The number of nitrogens with two attached hydrogens (primary N) is 1. The molecule has 0 bridgehead atoms. The van der Waals surface area contributed by atoms with Gasteiger partial charge in [0.1, 0.15) is 37.3 Å². The molecule has 1 aromatic rings. The first kappa shape index (κ1) is 34.7. The van der Waals surface area contributed by atoms with Crippen molar-refractivity contribution in [3.8, 4) is 6.07 Å². The number of esters is 2. The summed E-state index contributed by atoms with van der Waals surface area (Å²) in [7, 11) is 1.60. The number of amides is 2. The molecule has 1 aliphatic heterocycles. The molecule has 242 valence electrons. The van der Waals surface area contributed by atoms with E-state index in [1.165, 1.54) is 17.0 Å². The molecule has 1 saturated carbocycles. The van der Waals surface area contributed by atoms with Crippen molar-refractivity contribution in [2.24, 2.45) is 22.6 Å². The molecule has 1 aromatic heterocycles. The number of H-pyrrole nitrogens is 1. The topological polar surface area (TPSA) is 216 Å². The van der Waals surface area contributed by atoms with E-state index in [1.54, 1.807) is 20.9 Å². The molecule has 5 atom stereocenters. The van der Waals surface area contributed by atoms with Crippen molar-refractivity contribution >= 4 is 30.1 Å². The van der Waals surface area contributed by atoms with E-state index in [0.717, 1.165) is 38.4 Å². The lowest BCUT2D eigenvalue weighted by molar-refractivity contribution is -0.162. The Hall–Kier alpha value is -3.80. The van der Waals surface area contributed by atoms with Gasteiger partial charge in [0, 0.05) is 19.5 Å². The number of ether oxygens (including phenoxy) is 3. The number of aliphatic imine (C=N–C) groups is 1. The highest BCUT2D eigenvalue weighted by Gasteiger charge is 2.59. The highest BCUT2D eigenvalue weighted by atomic mass is 16.6. The maximum Gasteiger partial charge on any atom is 0.323 e. The number of nitrogens with one attached hydrogen (secondary N) is 3. The van der Waals surface area contributed by atoms with Crippen molar-refractivity contribution < 1.29 is 33.7 Å². The van der Waals surface area contributed by atoms with Gasteiger partial charge in [-0.05, 0) is 50.7 Å². The third-order valence-corrected chi connectivity index (χ3v) is 8.28. The summed E-state index contributed by atoms with van der Waals surface area (Å²) in [5, 5.41) is 31.9. The van der Waals surface area contributed by atoms with E-state index < -0.39 is 47.9 Å². The Labute approximate surface area is 257 Å². The number of aliphatic hydroxyl groups is 1. The van der Waals surface area contributed by atoms with Gasteiger partial charge < -0.3 is 34.9 Å². The number of hydrogen-bond acceptors (Lipinski definition) is 10. The second-order valence-corrected chi connectivity index (χ2v) is 12.0. The van der Waals surface area contributed by atoms with Crippen molar-refractivity contribution in [3.63, 3.8) is 0 Å². The lowest BCUT2D eigenvalue weighted by Crippen LogP contribution is -2.46. The molecule has 0 unspecified atom stereocenters. The molecule has 2 aliphatic rings. The average molecular weight is 616 g/mol. The van der Waals surface area contributed by atoms with E-state index in [4.69, 9.17) is 25.4 Å². The molecule has 14 nitrogen and oxygen atoms in total. The summed E-state index contributed by atoms with van der Waals surface area (Å²) in [6.07, 6.45) is 1.88. The third-order valence-electron chi connectivity index (χ3n) is 8.28. The van der Waals surface area contributed by atoms with Crippen LogP contribution in [0, 0.1) is 28.6 Å². The fourth-order valence-electron chi connectivity index (χ4n) is 5.21. The Morgan fingerprint density at radius 2 is 1.98 bits per heavy atom. The number of nitriles is 1. The predicted octanol–water partition coefficient (Wildman–Crippen LogP) is 2.31. The molecule has 1 aliphatic carbocycles. The Morgan fingerprint density at radius 1 is 1.30 bits per heavy atom. The Morgan fingerprint density at radius 3 is 2.57 bits per heavy atom. The molecule has 6 N–H and O–H groups in total. The van der Waals surface area contributed by atoms with E-state index in [0.29, 0.717) is 0 Å². The van der Waals surface area contributed by atoms with Crippen molar-refractivity contribution in [2.45, 2.75) is 102 Å². The standard InChI is InChI=1S/C30H45N7O7/c1-17(2)24(33)28(40)43-25-21(14-42-23(38)13-19-9-7-6-8-10-19)44-30(15-31,26(25)39)22-12-11-20(35-22)27(34-16-32)36-29(41)37(5)18(3)4/h11-12,16-19,21,24-26,35,39H,6-10,13-14,33H2,1-5H3,(H2,32,34,36,41)/t21-,24+,25-,26-,30+/m1/s1. The van der Waals surface area contributed by atoms with Gasteiger partial charge in [-0.2, -0.15) is 5.26 Å². The normalized spacial score (nSPS) is 24.9. The number of aliphatic hydroxyl groups excluding tert-OH is 1. The first-order valence-corrected chi connectivity index (χ1v) is 15.0. The second kappa shape index (κ2) is 15.3. The van der Waals surface area contributed by atoms with E-state index in [1.807, 2.05) is 19.9 Å². The van der Waals surface area contributed by atoms with Crippen LogP contribution in [0.2, 0.25) is 0 Å². The Kier molecular flexibility index (Phi) is 12.0. The first-order valence-electron chi connectivity index (χ1n) is 15.0. The van der Waals surface area contributed by atoms with Gasteiger partial charge in [-0.1, -0.05) is 33.1 Å². The maximum absolute atomic E-state index is 12.8. The largest absolute Gasteiger partial charge is 0.463 e. The van der Waals surface area contributed by atoms with E-state index in [2.05, 4.69) is 15.3 Å². The number of aromatic amines is 1. The van der Waals surface area contributed by atoms with Gasteiger partial charge >= 0.3 is 18.0 Å². The van der Waals surface area contributed by atoms with Gasteiger partial charge in [-0.25, -0.2) is 9.79 Å². The number of rotatable bonds is 11. The lowest BCUT2D eigenvalue weighted by Gasteiger charge is -2.25. The summed E-state index contributed by atoms with van der Waals surface area (Å²) in [6, 6.07) is 3.35. The van der Waals surface area contributed by atoms with Crippen molar-refractivity contribution in [2.75, 3.05) is 13.7 Å². The minimum Gasteiger partial charge on any atom is -0.463 e. The monoisotopic (exact) mass is 615 g/mol. The average Bonchev–Trinajstić information content (AvgIpc) is 3.59. The summed E-state index contributed by atoms with van der Waals surface area (Å²) in [4.78, 5) is 46.5. The lowest BCUT2D eigenvalue weighted by atomic mass is 9.87. The van der Waals surface area contributed by atoms with Crippen LogP contribution in [0.25, 0.3) is 0 Å². The van der Waals surface area contributed by atoms with E-state index >= 15 is 0 Å². The second-order valence-electron chi connectivity index (χ2n) is 12.0. The zero-order valence-electron chi connectivity index (χ0n) is 26.0. The molecular weight excluding hydrogens is 570 g/mol. The number of carbonyl (C=O) groups excluding carboxylic acids is 3. The summed E-state index contributed by atoms with van der Waals surface area (Å²) < 4.78 is 17.2. The summed E-state index contributed by atoms with van der Waals surface area (Å²) in [6.45, 7) is 6.77. The van der Waals surface area contributed by atoms with Crippen LogP contribution in [0.4, 0.5) is 4.79 Å². The van der Waals surface area contributed by atoms with Crippen LogP contribution in [-0.2, 0) is 29.4 Å². The van der Waals surface area contributed by atoms with Crippen LogP contribution < -0.4 is 11.1 Å². The zero-order valence-corrected chi connectivity index (χ0v) is 26.0. The van der Waals surface area contributed by atoms with E-state index in [-0.39, 0.29) is 48.1 Å². The summed E-state index contributed by atoms with van der Waals surface area (Å²) in [5.41, 5.74) is 4.19. The fourth-order valence-corrected chi connectivity index (χ4v) is 5.21. The molecule has 3 rings (SSSR count). The van der Waals surface area contributed by atoms with Crippen molar-refractivity contribution in [3.05, 3.63) is 23.5 Å². The number of carbonyl (C=O) groups is 3. The van der Waals surface area contributed by atoms with Crippen LogP contribution in [0.15, 0.2) is 17.1 Å². The van der Waals surface area contributed by atoms with Crippen LogP contribution in [0.3, 0.4) is 0 Å². The molecule has 2 heterocycles. The zero-order chi connectivity index (χ0) is 32.6. The number of hydrogen-bond donors (Lipinski definition) is 5. The van der Waals surface area contributed by atoms with Gasteiger partial charge in [-0.3, -0.25) is 20.3 Å². The number of amidine groups is 1. The minimum absolute atomic E-state index is 0.0107. The molecule has 1 saturated heterocycles. The Balaban J connectivity index is 1.88. The van der Waals surface area contributed by atoms with Gasteiger partial charge in [0.15, 0.2) is 11.9 Å². The maximum atomic E-state index is 12.8. The third kappa shape index (κ3) is 8.02.